The van der Waals surface area contributed by atoms with Crippen LogP contribution >= 0.6 is 23.5 Å². The van der Waals surface area contributed by atoms with Crippen LogP contribution in [-0.2, 0) is 4.74 Å². The van der Waals surface area contributed by atoms with E-state index in [2.05, 4.69) is 0 Å². The number of aliphatic hydroxyl groups is 5. The molecule has 0 bridgehead atoms. The minimum absolute atomic E-state index is 0.447. The molecule has 0 aliphatic carbocycles. The van der Waals surface area contributed by atoms with Crippen molar-refractivity contribution in [2.24, 2.45) is 0 Å². The predicted octanol–water partition coefficient (Wildman–Crippen LogP) is -1.66. The van der Waals surface area contributed by atoms with Gasteiger partial charge in [0.1, 0.15) is 29.0 Å². The summed E-state index contributed by atoms with van der Waals surface area (Å²) >= 11 is 2.88. The number of hydrogen-bond donors (Lipinski definition) is 5. The molecule has 5 N–H and O–H groups in total. The molecule has 2 aliphatic heterocycles. The Morgan fingerprint density at radius 1 is 1.11 bits per heavy atom. The van der Waals surface area contributed by atoms with Crippen LogP contribution < -0.4 is 0 Å². The van der Waals surface area contributed by atoms with E-state index in [1.54, 1.807) is 0 Å². The van der Waals surface area contributed by atoms with Gasteiger partial charge in [-0.25, -0.2) is 0 Å². The summed E-state index contributed by atoms with van der Waals surface area (Å²) in [4.78, 5) is 0. The van der Waals surface area contributed by atoms with Crippen molar-refractivity contribution in [1.82, 2.24) is 0 Å². The fourth-order valence-electron chi connectivity index (χ4n) is 2.10. The lowest BCUT2D eigenvalue weighted by Crippen LogP contribution is -2.68. The Labute approximate surface area is 113 Å². The second kappa shape index (κ2) is 5.84. The molecule has 0 amide bonds. The maximum Gasteiger partial charge on any atom is 0.216 e. The zero-order valence-corrected chi connectivity index (χ0v) is 11.3. The summed E-state index contributed by atoms with van der Waals surface area (Å²) in [7, 11) is 0. The Bertz CT molecular complexity index is 282. The first-order valence-electron chi connectivity index (χ1n) is 5.79. The van der Waals surface area contributed by atoms with Gasteiger partial charge in [0.25, 0.3) is 0 Å². The van der Waals surface area contributed by atoms with E-state index in [0.29, 0.717) is 0 Å². The van der Waals surface area contributed by atoms with Crippen LogP contribution in [0.5, 0.6) is 0 Å². The SMILES string of the molecule is OC[C@H]1OC(O)(C2SCCCS2)[C@H](O)[C@@H](O)[C@@H]1O. The zero-order chi connectivity index (χ0) is 13.3. The molecule has 0 aromatic carbocycles. The molecular weight excluding hydrogens is 280 g/mol. The second-order valence-corrected chi connectivity index (χ2v) is 7.17. The molecule has 6 nitrogen and oxygen atoms in total. The fourth-order valence-corrected chi connectivity index (χ4v) is 5.16. The van der Waals surface area contributed by atoms with Gasteiger partial charge in [-0.1, -0.05) is 0 Å². The van der Waals surface area contributed by atoms with Crippen molar-refractivity contribution in [2.75, 3.05) is 18.1 Å². The van der Waals surface area contributed by atoms with Gasteiger partial charge in [-0.15, -0.1) is 23.5 Å². The van der Waals surface area contributed by atoms with Crippen molar-refractivity contribution in [3.05, 3.63) is 0 Å². The minimum atomic E-state index is -1.96. The molecule has 1 unspecified atom stereocenters. The largest absolute Gasteiger partial charge is 0.394 e. The fraction of sp³-hybridized carbons (Fsp3) is 1.00. The van der Waals surface area contributed by atoms with Crippen molar-refractivity contribution < 1.29 is 30.3 Å². The molecule has 2 rings (SSSR count). The normalized spacial score (nSPS) is 47.2. The number of rotatable bonds is 2. The Morgan fingerprint density at radius 3 is 2.28 bits per heavy atom. The average molecular weight is 298 g/mol. The molecule has 18 heavy (non-hydrogen) atoms. The van der Waals surface area contributed by atoms with Crippen LogP contribution in [0.3, 0.4) is 0 Å². The topological polar surface area (TPSA) is 110 Å². The van der Waals surface area contributed by atoms with Gasteiger partial charge < -0.3 is 30.3 Å². The van der Waals surface area contributed by atoms with Crippen molar-refractivity contribution in [3.63, 3.8) is 0 Å². The van der Waals surface area contributed by atoms with Crippen LogP contribution in [0.2, 0.25) is 0 Å². The third kappa shape index (κ3) is 2.53. The maximum absolute atomic E-state index is 10.5. The summed E-state index contributed by atoms with van der Waals surface area (Å²) in [6.07, 6.45) is -4.64. The van der Waals surface area contributed by atoms with Gasteiger partial charge in [-0.3, -0.25) is 0 Å². The molecule has 5 atom stereocenters. The number of aliphatic hydroxyl groups excluding tert-OH is 4. The number of thioether (sulfide) groups is 2. The highest BCUT2D eigenvalue weighted by Crippen LogP contribution is 2.43. The summed E-state index contributed by atoms with van der Waals surface area (Å²) in [5.41, 5.74) is 0. The first-order chi connectivity index (χ1) is 8.50. The summed E-state index contributed by atoms with van der Waals surface area (Å²) in [5.74, 6) is -0.293. The van der Waals surface area contributed by atoms with Crippen molar-refractivity contribution in [3.8, 4) is 0 Å². The predicted molar refractivity (Wildman–Crippen MR) is 68.3 cm³/mol. The molecule has 106 valence electrons. The lowest BCUT2D eigenvalue weighted by atomic mass is 9.93. The molecule has 2 fully saturated rings. The van der Waals surface area contributed by atoms with Gasteiger partial charge in [-0.05, 0) is 17.9 Å². The van der Waals surface area contributed by atoms with Gasteiger partial charge in [0.2, 0.25) is 5.79 Å². The lowest BCUT2D eigenvalue weighted by Gasteiger charge is -2.48. The van der Waals surface area contributed by atoms with E-state index in [1.807, 2.05) is 0 Å². The molecule has 0 radical (unpaired) electrons. The summed E-state index contributed by atoms with van der Waals surface area (Å²) in [5, 5.41) is 48.9. The van der Waals surface area contributed by atoms with Gasteiger partial charge in [0.05, 0.1) is 6.61 Å². The van der Waals surface area contributed by atoms with E-state index in [-0.39, 0.29) is 0 Å². The lowest BCUT2D eigenvalue weighted by molar-refractivity contribution is -0.341. The highest BCUT2D eigenvalue weighted by atomic mass is 32.2. The van der Waals surface area contributed by atoms with E-state index < -0.39 is 41.4 Å². The van der Waals surface area contributed by atoms with Gasteiger partial charge in [0.15, 0.2) is 0 Å². The Balaban J connectivity index is 2.18. The van der Waals surface area contributed by atoms with Crippen LogP contribution in [0.1, 0.15) is 6.42 Å². The van der Waals surface area contributed by atoms with Crippen LogP contribution in [0.25, 0.3) is 0 Å². The standard InChI is InChI=1S/C10H18O6S2/c11-4-5-6(12)7(13)8(14)10(15,16-5)9-17-2-1-3-18-9/h5-9,11-15H,1-4H2/t5-,6-,7+,8-,10?/m1/s1. The number of hydrogen-bond acceptors (Lipinski definition) is 8. The van der Waals surface area contributed by atoms with Gasteiger partial charge in [-0.2, -0.15) is 0 Å². The Hall–Kier alpha value is 0.460. The maximum atomic E-state index is 10.5. The first-order valence-corrected chi connectivity index (χ1v) is 7.89. The summed E-state index contributed by atoms with van der Waals surface area (Å²) in [6.45, 7) is -0.532. The van der Waals surface area contributed by atoms with Crippen LogP contribution in [-0.4, -0.2) is 78.4 Å². The van der Waals surface area contributed by atoms with Crippen LogP contribution in [0.4, 0.5) is 0 Å². The van der Waals surface area contributed by atoms with E-state index in [0.717, 1.165) is 17.9 Å². The highest BCUT2D eigenvalue weighted by Gasteiger charge is 2.57. The van der Waals surface area contributed by atoms with E-state index in [4.69, 9.17) is 9.84 Å². The Kier molecular flexibility index (Phi) is 4.82. The monoisotopic (exact) mass is 298 g/mol. The van der Waals surface area contributed by atoms with Crippen LogP contribution in [0.15, 0.2) is 0 Å². The molecule has 2 aliphatic rings. The van der Waals surface area contributed by atoms with E-state index in [9.17, 15) is 20.4 Å². The third-order valence-corrected chi connectivity index (χ3v) is 6.31. The van der Waals surface area contributed by atoms with Crippen LogP contribution in [0, 0.1) is 0 Å². The molecule has 0 saturated carbocycles. The van der Waals surface area contributed by atoms with Gasteiger partial charge in [0, 0.05) is 0 Å². The van der Waals surface area contributed by atoms with Crippen molar-refractivity contribution in [1.29, 1.82) is 0 Å². The first kappa shape index (κ1) is 14.9. The van der Waals surface area contributed by atoms with Crippen molar-refractivity contribution >= 4 is 23.5 Å². The quantitative estimate of drug-likeness (QED) is 0.412. The smallest absolute Gasteiger partial charge is 0.216 e. The Morgan fingerprint density at radius 2 is 1.72 bits per heavy atom. The molecule has 2 saturated heterocycles. The zero-order valence-electron chi connectivity index (χ0n) is 9.68. The molecule has 0 aromatic rings. The van der Waals surface area contributed by atoms with E-state index in [1.165, 1.54) is 23.5 Å². The number of ether oxygens (including phenoxy) is 1. The van der Waals surface area contributed by atoms with Crippen molar-refractivity contribution in [2.45, 2.75) is 41.2 Å². The summed E-state index contributed by atoms with van der Waals surface area (Å²) < 4.78 is 4.81. The minimum Gasteiger partial charge on any atom is -0.394 e. The summed E-state index contributed by atoms with van der Waals surface area (Å²) in [6, 6.07) is 0. The third-order valence-electron chi connectivity index (χ3n) is 3.16. The average Bonchev–Trinajstić information content (AvgIpc) is 2.41. The molecule has 2 heterocycles. The highest BCUT2D eigenvalue weighted by molar-refractivity contribution is 8.17. The van der Waals surface area contributed by atoms with E-state index >= 15 is 0 Å². The second-order valence-electron chi connectivity index (χ2n) is 4.44. The molecular formula is C10H18O6S2. The van der Waals surface area contributed by atoms with Gasteiger partial charge >= 0.3 is 0 Å². The molecule has 0 spiro atoms. The molecule has 8 heteroatoms. The molecule has 0 aromatic heterocycles.